The van der Waals surface area contributed by atoms with Gasteiger partial charge in [0.1, 0.15) is 36.7 Å². The second-order valence-electron chi connectivity index (χ2n) is 7.54. The minimum atomic E-state index is -0.636. The molecule has 0 amide bonds. The number of esters is 2. The van der Waals surface area contributed by atoms with Crippen LogP contribution in [0.1, 0.15) is 45.0 Å². The van der Waals surface area contributed by atoms with Gasteiger partial charge in [-0.3, -0.25) is 9.59 Å². The molecule has 0 aromatic carbocycles. The lowest BCUT2D eigenvalue weighted by atomic mass is 10.1. The van der Waals surface area contributed by atoms with Crippen molar-refractivity contribution in [3.05, 3.63) is 24.0 Å². The van der Waals surface area contributed by atoms with Crippen molar-refractivity contribution < 1.29 is 38.5 Å². The number of aliphatic hydroxyl groups is 1. The normalized spacial score (nSPS) is 28.6. The Kier molecular flexibility index (Phi) is 8.31. The van der Waals surface area contributed by atoms with Gasteiger partial charge in [-0.2, -0.15) is 0 Å². The largest absolute Gasteiger partial charge is 0.463 e. The third-order valence-electron chi connectivity index (χ3n) is 4.92. The molecule has 6 atom stereocenters. The topological polar surface area (TPSA) is 144 Å². The number of oxime groups is 1. The van der Waals surface area contributed by atoms with Crippen LogP contribution in [0.2, 0.25) is 0 Å². The molecule has 12 nitrogen and oxygen atoms in total. The average molecular weight is 452 g/mol. The highest BCUT2D eigenvalue weighted by atomic mass is 16.6. The van der Waals surface area contributed by atoms with Crippen molar-refractivity contribution in [2.45, 2.75) is 63.8 Å². The Hall–Kier alpha value is -2.83. The Balaban J connectivity index is 1.49. The Morgan fingerprint density at radius 3 is 2.84 bits per heavy atom. The van der Waals surface area contributed by atoms with E-state index < -0.39 is 36.4 Å². The van der Waals surface area contributed by atoms with Crippen LogP contribution in [0.25, 0.3) is 0 Å². The molecule has 0 spiro atoms. The van der Waals surface area contributed by atoms with Gasteiger partial charge < -0.3 is 28.9 Å². The van der Waals surface area contributed by atoms with Crippen LogP contribution >= 0.6 is 0 Å². The van der Waals surface area contributed by atoms with Crippen molar-refractivity contribution in [3.8, 4) is 0 Å². The molecule has 3 rings (SSSR count). The lowest BCUT2D eigenvalue weighted by Gasteiger charge is -2.31. The Morgan fingerprint density at radius 2 is 2.16 bits per heavy atom. The molecule has 3 heterocycles. The molecule has 176 valence electrons. The third kappa shape index (κ3) is 6.58. The van der Waals surface area contributed by atoms with Crippen LogP contribution in [-0.4, -0.2) is 82.5 Å². The van der Waals surface area contributed by atoms with E-state index in [0.29, 0.717) is 18.7 Å². The highest BCUT2D eigenvalue weighted by Gasteiger charge is 2.31. The van der Waals surface area contributed by atoms with Gasteiger partial charge in [0.15, 0.2) is 6.10 Å². The number of ether oxygens (including phenoxy) is 4. The Labute approximate surface area is 185 Å². The van der Waals surface area contributed by atoms with E-state index >= 15 is 0 Å². The van der Waals surface area contributed by atoms with Crippen LogP contribution in [-0.2, 0) is 33.4 Å². The van der Waals surface area contributed by atoms with Crippen molar-refractivity contribution in [1.29, 1.82) is 0 Å². The molecule has 1 fully saturated rings. The van der Waals surface area contributed by atoms with E-state index in [1.807, 2.05) is 0 Å². The van der Waals surface area contributed by atoms with Gasteiger partial charge in [-0.15, -0.1) is 5.10 Å². The maximum atomic E-state index is 11.3. The summed E-state index contributed by atoms with van der Waals surface area (Å²) < 4.78 is 22.9. The molecule has 32 heavy (non-hydrogen) atoms. The van der Waals surface area contributed by atoms with E-state index in [0.717, 1.165) is 0 Å². The van der Waals surface area contributed by atoms with Crippen LogP contribution in [0.15, 0.2) is 23.5 Å². The first-order chi connectivity index (χ1) is 15.3. The number of rotatable bonds is 9. The fourth-order valence-electron chi connectivity index (χ4n) is 3.24. The van der Waals surface area contributed by atoms with Gasteiger partial charge >= 0.3 is 11.9 Å². The molecule has 1 N–H and O–H groups in total. The molecule has 0 saturated carbocycles. The lowest BCUT2D eigenvalue weighted by molar-refractivity contribution is -0.163. The first-order valence-electron chi connectivity index (χ1n) is 10.3. The lowest BCUT2D eigenvalue weighted by Crippen LogP contribution is -2.41. The summed E-state index contributed by atoms with van der Waals surface area (Å²) in [7, 11) is 0. The molecule has 1 saturated heterocycles. The zero-order chi connectivity index (χ0) is 23.1. The van der Waals surface area contributed by atoms with Gasteiger partial charge in [-0.1, -0.05) is 16.4 Å². The highest BCUT2D eigenvalue weighted by molar-refractivity contribution is 5.67. The second kappa shape index (κ2) is 11.2. The van der Waals surface area contributed by atoms with Crippen molar-refractivity contribution in [3.63, 3.8) is 0 Å². The van der Waals surface area contributed by atoms with Gasteiger partial charge in [0.05, 0.1) is 25.5 Å². The van der Waals surface area contributed by atoms with E-state index in [1.54, 1.807) is 36.2 Å². The Morgan fingerprint density at radius 1 is 1.34 bits per heavy atom. The molecule has 0 aliphatic carbocycles. The number of nitrogens with zero attached hydrogens (tertiary/aromatic N) is 4. The van der Waals surface area contributed by atoms with E-state index in [1.165, 1.54) is 13.8 Å². The summed E-state index contributed by atoms with van der Waals surface area (Å²) in [6, 6.07) is -0.266. The van der Waals surface area contributed by atoms with Crippen molar-refractivity contribution in [2.24, 2.45) is 5.16 Å². The van der Waals surface area contributed by atoms with Gasteiger partial charge in [0.2, 0.25) is 0 Å². The SMILES string of the molecule is CC(=O)OC[C@H]1O[C@H](CC=NO[C@H](C)c2cn([C@@H]3COC[C@@H]3O)nn2)C=C[C@@H]1OC(C)=O. The smallest absolute Gasteiger partial charge is 0.303 e. The molecule has 0 bridgehead atoms. The number of hydrogen-bond donors (Lipinski definition) is 1. The van der Waals surface area contributed by atoms with Crippen LogP contribution < -0.4 is 0 Å². The summed E-state index contributed by atoms with van der Waals surface area (Å²) >= 11 is 0. The number of carbonyl (C=O) groups is 2. The molecular formula is C20H28N4O8. The summed E-state index contributed by atoms with van der Waals surface area (Å²) in [6.45, 7) is 5.00. The summed E-state index contributed by atoms with van der Waals surface area (Å²) in [5.41, 5.74) is 0.570. The van der Waals surface area contributed by atoms with Crippen LogP contribution in [0.3, 0.4) is 0 Å². The summed E-state index contributed by atoms with van der Waals surface area (Å²) in [5.74, 6) is -0.900. The van der Waals surface area contributed by atoms with Crippen molar-refractivity contribution in [2.75, 3.05) is 19.8 Å². The molecular weight excluding hydrogens is 424 g/mol. The molecule has 0 unspecified atom stereocenters. The standard InChI is InChI=1S/C20H28N4O8/c1-12(16-8-24(23-22-16)17-9-28-10-18(17)27)32-21-7-6-15-4-5-19(30-14(3)26)20(31-15)11-29-13(2)25/h4-5,7-8,12,15,17-20,27H,6,9-11H2,1-3H3/t12-,15+,17-,18+,19+,20-/m1/s1. The molecule has 12 heteroatoms. The molecule has 1 aromatic rings. The number of carbonyl (C=O) groups excluding carboxylic acids is 2. The first kappa shape index (κ1) is 23.8. The monoisotopic (exact) mass is 452 g/mol. The van der Waals surface area contributed by atoms with Gasteiger partial charge in [-0.05, 0) is 13.0 Å². The van der Waals surface area contributed by atoms with E-state index in [9.17, 15) is 14.7 Å². The maximum Gasteiger partial charge on any atom is 0.303 e. The fourth-order valence-corrected chi connectivity index (χ4v) is 3.24. The quantitative estimate of drug-likeness (QED) is 0.243. The maximum absolute atomic E-state index is 11.3. The second-order valence-corrected chi connectivity index (χ2v) is 7.54. The van der Waals surface area contributed by atoms with E-state index in [-0.39, 0.29) is 25.4 Å². The van der Waals surface area contributed by atoms with Crippen molar-refractivity contribution >= 4 is 18.2 Å². The van der Waals surface area contributed by atoms with Crippen molar-refractivity contribution in [1.82, 2.24) is 15.0 Å². The minimum absolute atomic E-state index is 0.0326. The van der Waals surface area contributed by atoms with Crippen LogP contribution in [0, 0.1) is 0 Å². The summed E-state index contributed by atoms with van der Waals surface area (Å²) in [4.78, 5) is 27.8. The predicted octanol–water partition coefficient (Wildman–Crippen LogP) is 0.482. The van der Waals surface area contributed by atoms with Gasteiger partial charge in [0, 0.05) is 26.5 Å². The predicted molar refractivity (Wildman–Crippen MR) is 108 cm³/mol. The highest BCUT2D eigenvalue weighted by Crippen LogP contribution is 2.22. The van der Waals surface area contributed by atoms with Gasteiger partial charge in [0.25, 0.3) is 0 Å². The number of hydrogen-bond acceptors (Lipinski definition) is 11. The zero-order valence-electron chi connectivity index (χ0n) is 18.2. The molecule has 1 aromatic heterocycles. The molecule has 0 radical (unpaired) electrons. The van der Waals surface area contributed by atoms with E-state index in [4.69, 9.17) is 23.8 Å². The molecule has 2 aliphatic heterocycles. The summed E-state index contributed by atoms with van der Waals surface area (Å²) in [6.07, 6.45) is 4.44. The third-order valence-corrected chi connectivity index (χ3v) is 4.92. The fraction of sp³-hybridized carbons (Fsp3) is 0.650. The average Bonchev–Trinajstić information content (AvgIpc) is 3.39. The summed E-state index contributed by atoms with van der Waals surface area (Å²) in [5, 5.41) is 22.0. The van der Waals surface area contributed by atoms with E-state index in [2.05, 4.69) is 15.5 Å². The van der Waals surface area contributed by atoms with Crippen LogP contribution in [0.4, 0.5) is 0 Å². The van der Waals surface area contributed by atoms with Crippen LogP contribution in [0.5, 0.6) is 0 Å². The zero-order valence-corrected chi connectivity index (χ0v) is 18.2. The minimum Gasteiger partial charge on any atom is -0.463 e. The van der Waals surface area contributed by atoms with Gasteiger partial charge in [-0.25, -0.2) is 4.68 Å². The Bertz CT molecular complexity index is 841. The number of aromatic nitrogens is 3. The number of aliphatic hydroxyl groups excluding tert-OH is 1. The first-order valence-corrected chi connectivity index (χ1v) is 10.3. The molecule has 2 aliphatic rings.